The van der Waals surface area contributed by atoms with Crippen molar-refractivity contribution in [3.05, 3.63) is 106 Å². The van der Waals surface area contributed by atoms with E-state index in [0.717, 1.165) is 35.2 Å². The molecule has 0 atom stereocenters. The second-order valence-electron chi connectivity index (χ2n) is 10.5. The van der Waals surface area contributed by atoms with Crippen LogP contribution in [0, 0.1) is 19.7 Å². The molecular weight excluding hydrogens is 525 g/mol. The van der Waals surface area contributed by atoms with Gasteiger partial charge in [-0.05, 0) is 98.3 Å². The Labute approximate surface area is 235 Å². The van der Waals surface area contributed by atoms with Gasteiger partial charge in [-0.2, -0.15) is 0 Å². The van der Waals surface area contributed by atoms with E-state index in [2.05, 4.69) is 10.3 Å². The van der Waals surface area contributed by atoms with Crippen molar-refractivity contribution in [2.45, 2.75) is 38.6 Å². The highest BCUT2D eigenvalue weighted by atomic mass is 19.1. The number of benzene rings is 3. The highest BCUT2D eigenvalue weighted by Gasteiger charge is 2.50. The molecule has 5 aromatic rings. The Kier molecular flexibility index (Phi) is 6.37. The lowest BCUT2D eigenvalue weighted by Gasteiger charge is -2.18. The molecule has 6 rings (SSSR count). The lowest BCUT2D eigenvalue weighted by atomic mass is 9.95. The molecule has 0 saturated heterocycles. The van der Waals surface area contributed by atoms with Gasteiger partial charge in [0.25, 0.3) is 11.8 Å². The summed E-state index contributed by atoms with van der Waals surface area (Å²) in [5.41, 5.74) is 10.4. The van der Waals surface area contributed by atoms with Crippen LogP contribution in [0.3, 0.4) is 0 Å². The summed E-state index contributed by atoms with van der Waals surface area (Å²) in [4.78, 5) is 30.2. The van der Waals surface area contributed by atoms with Crippen LogP contribution in [0.15, 0.2) is 69.8 Å². The smallest absolute Gasteiger partial charge is 0.255 e. The van der Waals surface area contributed by atoms with Crippen LogP contribution in [-0.2, 0) is 12.0 Å². The number of carbonyl (C=O) groups excluding carboxylic acids is 2. The molecule has 0 bridgehead atoms. The Morgan fingerprint density at radius 1 is 1.10 bits per heavy atom. The minimum absolute atomic E-state index is 0.234. The number of aromatic nitrogens is 1. The zero-order valence-electron chi connectivity index (χ0n) is 22.8. The van der Waals surface area contributed by atoms with Crippen LogP contribution in [-0.4, -0.2) is 23.9 Å². The van der Waals surface area contributed by atoms with Crippen molar-refractivity contribution in [3.63, 3.8) is 0 Å². The quantitative estimate of drug-likeness (QED) is 0.245. The fraction of sp³-hybridized carbons (Fsp3) is 0.219. The van der Waals surface area contributed by atoms with E-state index in [9.17, 15) is 14.0 Å². The molecule has 9 heteroatoms. The molecule has 3 N–H and O–H groups in total. The number of methoxy groups -OCH3 is 1. The number of nitrogens with one attached hydrogen (secondary N) is 1. The van der Waals surface area contributed by atoms with Gasteiger partial charge < -0.3 is 24.6 Å². The number of nitrogens with zero attached hydrogens (tertiary/aromatic N) is 1. The summed E-state index contributed by atoms with van der Waals surface area (Å²) >= 11 is 0. The van der Waals surface area contributed by atoms with Crippen LogP contribution in [0.4, 0.5) is 4.39 Å². The molecule has 2 aromatic heterocycles. The number of hydrogen-bond donors (Lipinski definition) is 2. The van der Waals surface area contributed by atoms with Crippen molar-refractivity contribution in [3.8, 4) is 17.1 Å². The third kappa shape index (κ3) is 4.73. The fourth-order valence-corrected chi connectivity index (χ4v) is 5.37. The van der Waals surface area contributed by atoms with Crippen molar-refractivity contribution < 1.29 is 27.6 Å². The number of oxazole rings is 1. The second-order valence-corrected chi connectivity index (χ2v) is 10.5. The number of aryl methyl sites for hydroxylation is 2. The van der Waals surface area contributed by atoms with Crippen LogP contribution in [0.5, 0.6) is 5.75 Å². The Bertz CT molecular complexity index is 1820. The Hall–Kier alpha value is -4.92. The molecule has 1 fully saturated rings. The highest BCUT2D eigenvalue weighted by Crippen LogP contribution is 2.47. The predicted molar refractivity (Wildman–Crippen MR) is 150 cm³/mol. The Morgan fingerprint density at radius 3 is 2.49 bits per heavy atom. The number of carbonyl (C=O) groups is 2. The molecule has 8 nitrogen and oxygen atoms in total. The number of amides is 2. The normalized spacial score (nSPS) is 13.8. The molecule has 1 aliphatic carbocycles. The van der Waals surface area contributed by atoms with Crippen LogP contribution in [0.1, 0.15) is 61.7 Å². The van der Waals surface area contributed by atoms with Crippen molar-refractivity contribution in [1.82, 2.24) is 10.3 Å². The largest absolute Gasteiger partial charge is 0.496 e. The first kappa shape index (κ1) is 26.3. The number of halogens is 1. The number of hydrogen-bond acceptors (Lipinski definition) is 6. The summed E-state index contributed by atoms with van der Waals surface area (Å²) in [6.45, 7) is 3.82. The molecule has 2 heterocycles. The van der Waals surface area contributed by atoms with E-state index in [0.29, 0.717) is 45.8 Å². The van der Waals surface area contributed by atoms with Crippen LogP contribution >= 0.6 is 0 Å². The summed E-state index contributed by atoms with van der Waals surface area (Å²) in [6.07, 6.45) is 3.41. The van der Waals surface area contributed by atoms with Gasteiger partial charge in [0, 0.05) is 10.9 Å². The van der Waals surface area contributed by atoms with Gasteiger partial charge in [-0.15, -0.1) is 0 Å². The molecular formula is C32H28FN3O5. The molecule has 41 heavy (non-hydrogen) atoms. The summed E-state index contributed by atoms with van der Waals surface area (Å²) in [5.74, 6) is 0.142. The number of primary amides is 1. The predicted octanol–water partition coefficient (Wildman–Crippen LogP) is 5.96. The minimum Gasteiger partial charge on any atom is -0.496 e. The first-order chi connectivity index (χ1) is 19.7. The van der Waals surface area contributed by atoms with Gasteiger partial charge in [-0.3, -0.25) is 9.59 Å². The molecule has 0 aliphatic heterocycles. The third-order valence-corrected chi connectivity index (χ3v) is 7.69. The van der Waals surface area contributed by atoms with Gasteiger partial charge in [-0.1, -0.05) is 6.07 Å². The van der Waals surface area contributed by atoms with E-state index < -0.39 is 17.3 Å². The van der Waals surface area contributed by atoms with Crippen LogP contribution in [0.2, 0.25) is 0 Å². The van der Waals surface area contributed by atoms with Gasteiger partial charge in [0.15, 0.2) is 12.2 Å². The third-order valence-electron chi connectivity index (χ3n) is 7.69. The zero-order chi connectivity index (χ0) is 28.9. The average Bonchev–Trinajstić information content (AvgIpc) is 3.40. The Morgan fingerprint density at radius 2 is 1.85 bits per heavy atom. The van der Waals surface area contributed by atoms with Gasteiger partial charge >= 0.3 is 0 Å². The first-order valence-electron chi connectivity index (χ1n) is 13.2. The van der Waals surface area contributed by atoms with E-state index in [-0.39, 0.29) is 11.5 Å². The number of nitrogens with two attached hydrogens (primary N) is 1. The molecule has 3 aromatic carbocycles. The summed E-state index contributed by atoms with van der Waals surface area (Å²) in [6, 6.07) is 14.9. The molecule has 1 saturated carbocycles. The number of ether oxygens (including phenoxy) is 1. The Balaban J connectivity index is 1.34. The number of furan rings is 1. The SMILES string of the molecule is COc1cc(C)c(Cc2ccc3oc(-c4ccc(F)cc4)c(C(N)=O)c3c2)cc1C(=O)NC1(c2ocnc2C)CC1. The maximum atomic E-state index is 13.5. The van der Waals surface area contributed by atoms with E-state index in [1.807, 2.05) is 38.1 Å². The standard InChI is InChI=1S/C32H28FN3O5/c1-17-12-26(39-3)24(31(38)36-32(10-11-32)29-18(2)35-16-40-29)15-21(17)13-19-4-9-25-23(14-19)27(30(34)37)28(41-25)20-5-7-22(33)8-6-20/h4-9,12,14-16H,10-11,13H2,1-3H3,(H2,34,37)(H,36,38). The van der Waals surface area contributed by atoms with E-state index in [1.165, 1.54) is 25.6 Å². The van der Waals surface area contributed by atoms with Gasteiger partial charge in [0.2, 0.25) is 0 Å². The molecule has 2 amide bonds. The molecule has 208 valence electrons. The maximum absolute atomic E-state index is 13.5. The van der Waals surface area contributed by atoms with Crippen molar-refractivity contribution in [2.75, 3.05) is 7.11 Å². The first-order valence-corrected chi connectivity index (χ1v) is 13.2. The monoisotopic (exact) mass is 553 g/mol. The summed E-state index contributed by atoms with van der Waals surface area (Å²) in [7, 11) is 1.54. The molecule has 0 radical (unpaired) electrons. The summed E-state index contributed by atoms with van der Waals surface area (Å²) < 4.78 is 30.6. The van der Waals surface area contributed by atoms with Crippen LogP contribution in [0.25, 0.3) is 22.3 Å². The van der Waals surface area contributed by atoms with E-state index >= 15 is 0 Å². The van der Waals surface area contributed by atoms with Crippen molar-refractivity contribution in [1.29, 1.82) is 0 Å². The minimum atomic E-state index is -0.643. The van der Waals surface area contributed by atoms with Crippen molar-refractivity contribution in [2.24, 2.45) is 5.73 Å². The maximum Gasteiger partial charge on any atom is 0.255 e. The van der Waals surface area contributed by atoms with Crippen LogP contribution < -0.4 is 15.8 Å². The summed E-state index contributed by atoms with van der Waals surface area (Å²) in [5, 5.41) is 3.70. The number of fused-ring (bicyclic) bond motifs is 1. The van der Waals surface area contributed by atoms with Crippen molar-refractivity contribution >= 4 is 22.8 Å². The van der Waals surface area contributed by atoms with Gasteiger partial charge in [-0.25, -0.2) is 9.37 Å². The zero-order valence-corrected chi connectivity index (χ0v) is 22.8. The second kappa shape index (κ2) is 9.92. The van der Waals surface area contributed by atoms with Gasteiger partial charge in [0.05, 0.1) is 23.9 Å². The lowest BCUT2D eigenvalue weighted by molar-refractivity contribution is 0.0920. The average molecular weight is 554 g/mol. The van der Waals surface area contributed by atoms with E-state index in [4.69, 9.17) is 19.3 Å². The lowest BCUT2D eigenvalue weighted by Crippen LogP contribution is -2.35. The highest BCUT2D eigenvalue weighted by molar-refractivity contribution is 6.10. The molecule has 0 unspecified atom stereocenters. The molecule has 1 aliphatic rings. The van der Waals surface area contributed by atoms with E-state index in [1.54, 1.807) is 18.2 Å². The molecule has 0 spiro atoms. The number of rotatable bonds is 8. The topological polar surface area (TPSA) is 121 Å². The fourth-order valence-electron chi connectivity index (χ4n) is 5.37. The van der Waals surface area contributed by atoms with Gasteiger partial charge in [0.1, 0.15) is 28.4 Å².